The van der Waals surface area contributed by atoms with Crippen LogP contribution in [0.4, 0.5) is 0 Å². The molecule has 1 spiro atoms. The fraction of sp³-hybridized carbons (Fsp3) is 0.846. The van der Waals surface area contributed by atoms with Crippen molar-refractivity contribution in [3.05, 3.63) is 12.3 Å². The average Bonchev–Trinajstić information content (AvgIpc) is 2.14. The Morgan fingerprint density at radius 2 is 1.88 bits per heavy atom. The lowest BCUT2D eigenvalue weighted by Crippen LogP contribution is -2.62. The maximum absolute atomic E-state index is 9.18. The highest BCUT2D eigenvalue weighted by molar-refractivity contribution is 5.00. The van der Waals surface area contributed by atoms with Gasteiger partial charge in [-0.3, -0.25) is 9.80 Å². The Kier molecular flexibility index (Phi) is 3.27. The molecule has 0 amide bonds. The molecule has 0 aromatic heterocycles. The van der Waals surface area contributed by atoms with E-state index in [1.807, 2.05) is 0 Å². The van der Waals surface area contributed by atoms with Gasteiger partial charge in [-0.15, -0.1) is 0 Å². The Morgan fingerprint density at radius 1 is 1.31 bits per heavy atom. The van der Waals surface area contributed by atoms with Crippen LogP contribution >= 0.6 is 0 Å². The quantitative estimate of drug-likeness (QED) is 0.741. The van der Waals surface area contributed by atoms with E-state index in [0.717, 1.165) is 13.1 Å². The van der Waals surface area contributed by atoms with Gasteiger partial charge in [-0.05, 0) is 45.2 Å². The lowest BCUT2D eigenvalue weighted by molar-refractivity contribution is -0.0618. The predicted octanol–water partition coefficient (Wildman–Crippen LogP) is 1.86. The molecule has 1 N–H and O–H groups in total. The summed E-state index contributed by atoms with van der Waals surface area (Å²) in [6, 6.07) is 0.695. The minimum atomic E-state index is 0.299. The summed E-state index contributed by atoms with van der Waals surface area (Å²) in [5.74, 6) is 0.299. The standard InChI is InChI=1S/C13H24N2O/c1-11(2)15-9-13(10-15)4-6-14(7-5-13)8-12(3)16/h11,16H,3-10H2,1-2H3. The lowest BCUT2D eigenvalue weighted by Gasteiger charge is -2.55. The monoisotopic (exact) mass is 224 g/mol. The first kappa shape index (κ1) is 11.9. The van der Waals surface area contributed by atoms with E-state index in [1.165, 1.54) is 25.9 Å². The van der Waals surface area contributed by atoms with Crippen LogP contribution in [0.1, 0.15) is 26.7 Å². The Labute approximate surface area is 98.7 Å². The first-order valence-corrected chi connectivity index (χ1v) is 6.34. The minimum absolute atomic E-state index is 0.299. The first-order valence-electron chi connectivity index (χ1n) is 6.34. The number of likely N-dealkylation sites (tertiary alicyclic amines) is 2. The van der Waals surface area contributed by atoms with E-state index in [2.05, 4.69) is 30.2 Å². The third kappa shape index (κ3) is 2.41. The van der Waals surface area contributed by atoms with E-state index >= 15 is 0 Å². The normalized spacial score (nSPS) is 25.9. The predicted molar refractivity (Wildman–Crippen MR) is 66.6 cm³/mol. The van der Waals surface area contributed by atoms with Gasteiger partial charge < -0.3 is 5.11 Å². The maximum Gasteiger partial charge on any atom is 0.0991 e. The summed E-state index contributed by atoms with van der Waals surface area (Å²) in [6.07, 6.45) is 2.56. The van der Waals surface area contributed by atoms with Crippen LogP contribution < -0.4 is 0 Å². The summed E-state index contributed by atoms with van der Waals surface area (Å²) in [5.41, 5.74) is 0.595. The minimum Gasteiger partial charge on any atom is -0.512 e. The summed E-state index contributed by atoms with van der Waals surface area (Å²) in [7, 11) is 0. The van der Waals surface area contributed by atoms with E-state index in [0.29, 0.717) is 23.8 Å². The van der Waals surface area contributed by atoms with Gasteiger partial charge >= 0.3 is 0 Å². The Bertz CT molecular complexity index is 259. The smallest absolute Gasteiger partial charge is 0.0991 e. The summed E-state index contributed by atoms with van der Waals surface area (Å²) >= 11 is 0. The molecule has 2 rings (SSSR count). The molecule has 0 unspecified atom stereocenters. The van der Waals surface area contributed by atoms with Crippen molar-refractivity contribution in [2.45, 2.75) is 32.7 Å². The van der Waals surface area contributed by atoms with Gasteiger partial charge in [0, 0.05) is 19.1 Å². The van der Waals surface area contributed by atoms with Gasteiger partial charge in [0.15, 0.2) is 0 Å². The van der Waals surface area contributed by atoms with E-state index in [9.17, 15) is 5.11 Å². The maximum atomic E-state index is 9.18. The second-order valence-electron chi connectivity index (χ2n) is 5.84. The van der Waals surface area contributed by atoms with Crippen LogP contribution in [0.25, 0.3) is 0 Å². The van der Waals surface area contributed by atoms with E-state index in [-0.39, 0.29) is 0 Å². The Balaban J connectivity index is 1.76. The van der Waals surface area contributed by atoms with Gasteiger partial charge in [0.1, 0.15) is 0 Å². The molecule has 3 nitrogen and oxygen atoms in total. The Morgan fingerprint density at radius 3 is 2.31 bits per heavy atom. The lowest BCUT2D eigenvalue weighted by atomic mass is 9.71. The van der Waals surface area contributed by atoms with Crippen molar-refractivity contribution >= 4 is 0 Å². The molecule has 0 aromatic rings. The summed E-state index contributed by atoms with van der Waals surface area (Å²) < 4.78 is 0. The number of hydrogen-bond acceptors (Lipinski definition) is 3. The zero-order valence-corrected chi connectivity index (χ0v) is 10.6. The molecule has 0 atom stereocenters. The zero-order chi connectivity index (χ0) is 11.8. The molecule has 2 aliphatic rings. The average molecular weight is 224 g/mol. The molecule has 92 valence electrons. The van der Waals surface area contributed by atoms with Crippen LogP contribution in [0, 0.1) is 5.41 Å². The van der Waals surface area contributed by atoms with E-state index in [1.54, 1.807) is 0 Å². The topological polar surface area (TPSA) is 26.7 Å². The SMILES string of the molecule is C=C(O)CN1CCC2(CC1)CN(C(C)C)C2. The van der Waals surface area contributed by atoms with Crippen LogP contribution in [-0.2, 0) is 0 Å². The van der Waals surface area contributed by atoms with E-state index in [4.69, 9.17) is 0 Å². The molecule has 0 bridgehead atoms. The molecule has 16 heavy (non-hydrogen) atoms. The largest absolute Gasteiger partial charge is 0.512 e. The van der Waals surface area contributed by atoms with Gasteiger partial charge in [0.05, 0.1) is 12.3 Å². The van der Waals surface area contributed by atoms with Gasteiger partial charge in [-0.25, -0.2) is 0 Å². The molecule has 0 aliphatic carbocycles. The van der Waals surface area contributed by atoms with Crippen molar-refractivity contribution in [2.24, 2.45) is 5.41 Å². The van der Waals surface area contributed by atoms with Crippen molar-refractivity contribution < 1.29 is 5.11 Å². The number of piperidine rings is 1. The second-order valence-corrected chi connectivity index (χ2v) is 5.84. The highest BCUT2D eigenvalue weighted by atomic mass is 16.3. The third-order valence-electron chi connectivity index (χ3n) is 4.13. The molecular formula is C13H24N2O. The van der Waals surface area contributed by atoms with Crippen molar-refractivity contribution in [3.63, 3.8) is 0 Å². The molecule has 2 fully saturated rings. The second kappa shape index (κ2) is 4.38. The number of aliphatic hydroxyl groups is 1. The van der Waals surface area contributed by atoms with Crippen LogP contribution in [-0.4, -0.2) is 53.7 Å². The first-order chi connectivity index (χ1) is 7.51. The molecule has 0 saturated carbocycles. The Hall–Kier alpha value is -0.540. The van der Waals surface area contributed by atoms with Crippen LogP contribution in [0.2, 0.25) is 0 Å². The van der Waals surface area contributed by atoms with Gasteiger partial charge in [0.2, 0.25) is 0 Å². The van der Waals surface area contributed by atoms with Gasteiger partial charge in [-0.2, -0.15) is 0 Å². The fourth-order valence-corrected chi connectivity index (χ4v) is 2.94. The number of rotatable bonds is 3. The number of nitrogens with zero attached hydrogens (tertiary/aromatic N) is 2. The molecule has 0 aromatic carbocycles. The third-order valence-corrected chi connectivity index (χ3v) is 4.13. The summed E-state index contributed by atoms with van der Waals surface area (Å²) in [5, 5.41) is 9.18. The summed E-state index contributed by atoms with van der Waals surface area (Å²) in [4.78, 5) is 4.87. The molecule has 0 radical (unpaired) electrons. The van der Waals surface area contributed by atoms with Gasteiger partial charge in [-0.1, -0.05) is 6.58 Å². The van der Waals surface area contributed by atoms with Crippen LogP contribution in [0.5, 0.6) is 0 Å². The fourth-order valence-electron chi connectivity index (χ4n) is 2.94. The molecule has 2 saturated heterocycles. The molecular weight excluding hydrogens is 200 g/mol. The van der Waals surface area contributed by atoms with Crippen LogP contribution in [0.3, 0.4) is 0 Å². The molecule has 3 heteroatoms. The number of hydrogen-bond donors (Lipinski definition) is 1. The zero-order valence-electron chi connectivity index (χ0n) is 10.6. The van der Waals surface area contributed by atoms with Gasteiger partial charge in [0.25, 0.3) is 0 Å². The highest BCUT2D eigenvalue weighted by Crippen LogP contribution is 2.41. The van der Waals surface area contributed by atoms with Crippen LogP contribution in [0.15, 0.2) is 12.3 Å². The molecule has 2 heterocycles. The van der Waals surface area contributed by atoms with E-state index < -0.39 is 0 Å². The van der Waals surface area contributed by atoms with Crippen molar-refractivity contribution in [3.8, 4) is 0 Å². The van der Waals surface area contributed by atoms with Crippen molar-refractivity contribution in [1.29, 1.82) is 0 Å². The number of aliphatic hydroxyl groups excluding tert-OH is 1. The summed E-state index contributed by atoms with van der Waals surface area (Å²) in [6.45, 7) is 13.6. The van der Waals surface area contributed by atoms with Crippen molar-refractivity contribution in [2.75, 3.05) is 32.7 Å². The highest BCUT2D eigenvalue weighted by Gasteiger charge is 2.45. The van der Waals surface area contributed by atoms with Crippen molar-refractivity contribution in [1.82, 2.24) is 9.80 Å². The molecule has 2 aliphatic heterocycles.